The van der Waals surface area contributed by atoms with Crippen LogP contribution in [-0.4, -0.2) is 23.8 Å². The molecule has 0 unspecified atom stereocenters. The van der Waals surface area contributed by atoms with Crippen LogP contribution in [0.4, 0.5) is 5.69 Å². The Balaban J connectivity index is 1.82. The molecule has 0 radical (unpaired) electrons. The van der Waals surface area contributed by atoms with Crippen LogP contribution in [0.3, 0.4) is 0 Å². The molecule has 4 rings (SSSR count). The van der Waals surface area contributed by atoms with Crippen molar-refractivity contribution < 1.29 is 9.47 Å². The van der Waals surface area contributed by atoms with Gasteiger partial charge in [0.1, 0.15) is 17.3 Å². The smallest absolute Gasteiger partial charge is 0.119 e. The van der Waals surface area contributed by atoms with Crippen LogP contribution in [-0.2, 0) is 6.42 Å². The summed E-state index contributed by atoms with van der Waals surface area (Å²) in [5.74, 6) is 2.62. The maximum absolute atomic E-state index is 5.96. The Morgan fingerprint density at radius 2 is 1.48 bits per heavy atom. The molecule has 1 aromatic heterocycles. The van der Waals surface area contributed by atoms with Crippen LogP contribution in [0.5, 0.6) is 11.5 Å². The summed E-state index contributed by atoms with van der Waals surface area (Å²) in [5.41, 5.74) is 10.8. The highest BCUT2D eigenvalue weighted by Gasteiger charge is 2.13. The van der Waals surface area contributed by atoms with E-state index in [-0.39, 0.29) is 0 Å². The molecule has 0 fully saturated rings. The first kappa shape index (κ1) is 17.0. The molecule has 0 saturated carbocycles. The number of benzene rings is 3. The molecule has 0 aliphatic carbocycles. The number of hydrogen-bond acceptors (Lipinski definition) is 4. The van der Waals surface area contributed by atoms with Crippen molar-refractivity contribution >= 4 is 16.7 Å². The average molecular weight is 359 g/mol. The molecule has 0 bridgehead atoms. The number of imidazole rings is 1. The number of nitrogens with zero attached hydrogens (tertiary/aromatic N) is 2. The monoisotopic (exact) mass is 359 g/mol. The summed E-state index contributed by atoms with van der Waals surface area (Å²) in [6, 6.07) is 21.9. The topological polar surface area (TPSA) is 62.3 Å². The molecule has 0 aliphatic heterocycles. The van der Waals surface area contributed by atoms with E-state index < -0.39 is 0 Å². The largest absolute Gasteiger partial charge is 0.497 e. The van der Waals surface area contributed by atoms with Gasteiger partial charge in [0.2, 0.25) is 0 Å². The first-order valence-corrected chi connectivity index (χ1v) is 8.72. The molecule has 136 valence electrons. The number of anilines is 1. The third-order valence-electron chi connectivity index (χ3n) is 4.60. The Hall–Kier alpha value is -3.47. The number of nitrogen functional groups attached to an aromatic ring is 1. The van der Waals surface area contributed by atoms with Crippen LogP contribution in [0.1, 0.15) is 11.4 Å². The van der Waals surface area contributed by atoms with Crippen LogP contribution in [0.15, 0.2) is 66.7 Å². The van der Waals surface area contributed by atoms with Crippen molar-refractivity contribution in [3.05, 3.63) is 78.1 Å². The molecular formula is C22H21N3O2. The van der Waals surface area contributed by atoms with E-state index >= 15 is 0 Å². The molecule has 3 aromatic carbocycles. The fourth-order valence-corrected chi connectivity index (χ4v) is 3.21. The van der Waals surface area contributed by atoms with Crippen molar-refractivity contribution in [3.8, 4) is 17.2 Å². The van der Waals surface area contributed by atoms with Gasteiger partial charge in [0.15, 0.2) is 0 Å². The van der Waals surface area contributed by atoms with Gasteiger partial charge in [-0.2, -0.15) is 0 Å². The standard InChI is InChI=1S/C22H21N3O2/c1-26-18-8-3-15(4-9-18)13-22-24-20-14-16(23)5-12-21(20)25(22)17-6-10-19(27-2)11-7-17/h3-12,14H,13,23H2,1-2H3. The Labute approximate surface area is 158 Å². The van der Waals surface area contributed by atoms with E-state index in [0.29, 0.717) is 12.1 Å². The highest BCUT2D eigenvalue weighted by atomic mass is 16.5. The predicted molar refractivity (Wildman–Crippen MR) is 108 cm³/mol. The molecule has 0 spiro atoms. The second-order valence-corrected chi connectivity index (χ2v) is 6.33. The van der Waals surface area contributed by atoms with E-state index in [1.807, 2.05) is 54.6 Å². The lowest BCUT2D eigenvalue weighted by Crippen LogP contribution is -2.02. The number of hydrogen-bond donors (Lipinski definition) is 1. The second-order valence-electron chi connectivity index (χ2n) is 6.33. The van der Waals surface area contributed by atoms with Crippen LogP contribution in [0.25, 0.3) is 16.7 Å². The van der Waals surface area contributed by atoms with E-state index in [1.165, 1.54) is 0 Å². The van der Waals surface area contributed by atoms with Crippen LogP contribution >= 0.6 is 0 Å². The number of rotatable bonds is 5. The number of methoxy groups -OCH3 is 2. The van der Waals surface area contributed by atoms with Gasteiger partial charge in [-0.05, 0) is 60.2 Å². The summed E-state index contributed by atoms with van der Waals surface area (Å²) in [7, 11) is 3.34. The number of fused-ring (bicyclic) bond motifs is 1. The van der Waals surface area contributed by atoms with Crippen LogP contribution < -0.4 is 15.2 Å². The van der Waals surface area contributed by atoms with E-state index in [0.717, 1.165) is 39.6 Å². The van der Waals surface area contributed by atoms with Gasteiger partial charge in [-0.3, -0.25) is 4.57 Å². The lowest BCUT2D eigenvalue weighted by Gasteiger charge is -2.11. The van der Waals surface area contributed by atoms with Gasteiger partial charge in [0.25, 0.3) is 0 Å². The fourth-order valence-electron chi connectivity index (χ4n) is 3.21. The summed E-state index contributed by atoms with van der Waals surface area (Å²) in [6.45, 7) is 0. The maximum atomic E-state index is 5.96. The molecule has 4 aromatic rings. The fraction of sp³-hybridized carbons (Fsp3) is 0.136. The molecule has 0 atom stereocenters. The summed E-state index contributed by atoms with van der Waals surface area (Å²) >= 11 is 0. The van der Waals surface area contributed by atoms with Gasteiger partial charge in [-0.15, -0.1) is 0 Å². The van der Waals surface area contributed by atoms with E-state index in [1.54, 1.807) is 14.2 Å². The molecule has 2 N–H and O–H groups in total. The summed E-state index contributed by atoms with van der Waals surface area (Å²) in [6.07, 6.45) is 0.699. The maximum Gasteiger partial charge on any atom is 0.119 e. The van der Waals surface area contributed by atoms with Gasteiger partial charge in [0, 0.05) is 17.8 Å². The zero-order chi connectivity index (χ0) is 18.8. The van der Waals surface area contributed by atoms with Gasteiger partial charge in [-0.1, -0.05) is 12.1 Å². The van der Waals surface area contributed by atoms with Gasteiger partial charge >= 0.3 is 0 Å². The summed E-state index contributed by atoms with van der Waals surface area (Å²) < 4.78 is 12.7. The molecule has 0 saturated heterocycles. The third kappa shape index (κ3) is 3.31. The SMILES string of the molecule is COc1ccc(Cc2nc3cc(N)ccc3n2-c2ccc(OC)cc2)cc1. The summed E-state index contributed by atoms with van der Waals surface area (Å²) in [5, 5.41) is 0. The Kier molecular flexibility index (Phi) is 4.42. The Morgan fingerprint density at radius 3 is 2.11 bits per heavy atom. The van der Waals surface area contributed by atoms with Crippen molar-refractivity contribution in [1.82, 2.24) is 9.55 Å². The first-order valence-electron chi connectivity index (χ1n) is 8.72. The molecule has 5 heteroatoms. The van der Waals surface area contributed by atoms with Crippen molar-refractivity contribution in [1.29, 1.82) is 0 Å². The minimum atomic E-state index is 0.699. The average Bonchev–Trinajstić information content (AvgIpc) is 3.05. The predicted octanol–water partition coefficient (Wildman–Crippen LogP) is 4.22. The van der Waals surface area contributed by atoms with Gasteiger partial charge in [-0.25, -0.2) is 4.98 Å². The van der Waals surface area contributed by atoms with Crippen molar-refractivity contribution in [2.45, 2.75) is 6.42 Å². The molecular weight excluding hydrogens is 338 g/mol. The van der Waals surface area contributed by atoms with Crippen molar-refractivity contribution in [2.24, 2.45) is 0 Å². The Bertz CT molecular complexity index is 1070. The van der Waals surface area contributed by atoms with Crippen molar-refractivity contribution in [2.75, 3.05) is 20.0 Å². The quantitative estimate of drug-likeness (QED) is 0.542. The van der Waals surface area contributed by atoms with Crippen molar-refractivity contribution in [3.63, 3.8) is 0 Å². The van der Waals surface area contributed by atoms with E-state index in [4.69, 9.17) is 20.2 Å². The molecule has 0 amide bonds. The highest BCUT2D eigenvalue weighted by molar-refractivity contribution is 5.81. The zero-order valence-electron chi connectivity index (χ0n) is 15.3. The Morgan fingerprint density at radius 1 is 0.852 bits per heavy atom. The molecule has 27 heavy (non-hydrogen) atoms. The number of nitrogens with two attached hydrogens (primary N) is 1. The highest BCUT2D eigenvalue weighted by Crippen LogP contribution is 2.26. The zero-order valence-corrected chi connectivity index (χ0v) is 15.3. The minimum Gasteiger partial charge on any atom is -0.497 e. The van der Waals surface area contributed by atoms with E-state index in [9.17, 15) is 0 Å². The second kappa shape index (κ2) is 7.03. The summed E-state index contributed by atoms with van der Waals surface area (Å²) in [4.78, 5) is 4.85. The van der Waals surface area contributed by atoms with Gasteiger partial charge < -0.3 is 15.2 Å². The van der Waals surface area contributed by atoms with E-state index in [2.05, 4.69) is 16.7 Å². The van der Waals surface area contributed by atoms with Crippen LogP contribution in [0, 0.1) is 0 Å². The normalized spacial score (nSPS) is 10.9. The number of aromatic nitrogens is 2. The van der Waals surface area contributed by atoms with Crippen LogP contribution in [0.2, 0.25) is 0 Å². The molecule has 5 nitrogen and oxygen atoms in total. The molecule has 1 heterocycles. The minimum absolute atomic E-state index is 0.699. The lowest BCUT2D eigenvalue weighted by atomic mass is 10.1. The lowest BCUT2D eigenvalue weighted by molar-refractivity contribution is 0.414. The first-order chi connectivity index (χ1) is 13.2. The third-order valence-corrected chi connectivity index (χ3v) is 4.60. The number of ether oxygens (including phenoxy) is 2. The van der Waals surface area contributed by atoms with Gasteiger partial charge in [0.05, 0.1) is 25.3 Å². The molecule has 0 aliphatic rings.